The minimum atomic E-state index is -3.73. The summed E-state index contributed by atoms with van der Waals surface area (Å²) in [6.07, 6.45) is 6.36. The first kappa shape index (κ1) is 23.9. The zero-order chi connectivity index (χ0) is 24.5. The second-order valence-electron chi connectivity index (χ2n) is 8.48. The Bertz CT molecular complexity index is 1310. The lowest BCUT2D eigenvalue weighted by Crippen LogP contribution is -2.32. The molecular formula is C24H28FN5O3S. The average molecular weight is 486 g/mol. The molecule has 0 radical (unpaired) electrons. The van der Waals surface area contributed by atoms with Crippen LogP contribution in [0.1, 0.15) is 35.4 Å². The van der Waals surface area contributed by atoms with Gasteiger partial charge in [-0.05, 0) is 62.6 Å². The second-order valence-corrected chi connectivity index (χ2v) is 10.6. The molecular weight excluding hydrogens is 457 g/mol. The fraction of sp³-hybridized carbons (Fsp3) is 0.333. The maximum absolute atomic E-state index is 14.8. The zero-order valence-electron chi connectivity index (χ0n) is 19.5. The van der Waals surface area contributed by atoms with Crippen LogP contribution in [0.25, 0.3) is 5.69 Å². The Balaban J connectivity index is 1.68. The zero-order valence-corrected chi connectivity index (χ0v) is 20.3. The lowest BCUT2D eigenvalue weighted by Gasteiger charge is -2.30. The summed E-state index contributed by atoms with van der Waals surface area (Å²) < 4.78 is 43.0. The van der Waals surface area contributed by atoms with Gasteiger partial charge in [-0.1, -0.05) is 0 Å². The molecule has 2 heterocycles. The summed E-state index contributed by atoms with van der Waals surface area (Å²) in [6.45, 7) is 3.34. The first-order chi connectivity index (χ1) is 16.2. The highest BCUT2D eigenvalue weighted by atomic mass is 32.2. The van der Waals surface area contributed by atoms with Crippen molar-refractivity contribution in [2.24, 2.45) is 0 Å². The van der Waals surface area contributed by atoms with E-state index in [0.29, 0.717) is 17.2 Å². The molecule has 0 atom stereocenters. The highest BCUT2D eigenvalue weighted by Gasteiger charge is 2.24. The maximum Gasteiger partial charge on any atom is 0.257 e. The second kappa shape index (κ2) is 9.55. The van der Waals surface area contributed by atoms with Gasteiger partial charge in [0.2, 0.25) is 10.0 Å². The summed E-state index contributed by atoms with van der Waals surface area (Å²) in [4.78, 5) is 19.6. The van der Waals surface area contributed by atoms with Gasteiger partial charge in [0.25, 0.3) is 5.91 Å². The summed E-state index contributed by atoms with van der Waals surface area (Å²) in [5.74, 6) is -0.373. The van der Waals surface area contributed by atoms with Crippen molar-refractivity contribution in [2.75, 3.05) is 37.4 Å². The van der Waals surface area contributed by atoms with E-state index in [0.717, 1.165) is 36.7 Å². The molecule has 4 rings (SSSR count). The van der Waals surface area contributed by atoms with Gasteiger partial charge in [0.1, 0.15) is 11.6 Å². The van der Waals surface area contributed by atoms with Gasteiger partial charge < -0.3 is 14.8 Å². The number of nitrogens with zero attached hydrogens (tertiary/aromatic N) is 4. The van der Waals surface area contributed by atoms with Gasteiger partial charge in [0, 0.05) is 51.0 Å². The highest BCUT2D eigenvalue weighted by molar-refractivity contribution is 7.89. The molecule has 8 nitrogen and oxygen atoms in total. The summed E-state index contributed by atoms with van der Waals surface area (Å²) in [7, 11) is -0.840. The lowest BCUT2D eigenvalue weighted by molar-refractivity contribution is 0.102. The molecule has 1 fully saturated rings. The number of sulfonamides is 1. The van der Waals surface area contributed by atoms with E-state index in [-0.39, 0.29) is 16.1 Å². The predicted molar refractivity (Wildman–Crippen MR) is 130 cm³/mol. The molecule has 1 saturated heterocycles. The van der Waals surface area contributed by atoms with Crippen LogP contribution in [0.5, 0.6) is 0 Å². The van der Waals surface area contributed by atoms with Crippen LogP contribution in [0.15, 0.2) is 53.7 Å². The number of aromatic nitrogens is 2. The molecule has 34 heavy (non-hydrogen) atoms. The maximum atomic E-state index is 14.8. The van der Waals surface area contributed by atoms with Crippen molar-refractivity contribution < 1.29 is 17.6 Å². The molecule has 2 aromatic carbocycles. The van der Waals surface area contributed by atoms with Crippen LogP contribution in [0.3, 0.4) is 0 Å². The number of carbonyl (C=O) groups excluding carboxylic acids is 1. The third kappa shape index (κ3) is 4.69. The summed E-state index contributed by atoms with van der Waals surface area (Å²) in [6, 6.07) is 9.02. The van der Waals surface area contributed by atoms with Crippen LogP contribution in [-0.2, 0) is 10.0 Å². The molecule has 1 aromatic heterocycles. The van der Waals surface area contributed by atoms with Gasteiger partial charge in [-0.15, -0.1) is 0 Å². The van der Waals surface area contributed by atoms with Crippen LogP contribution in [-0.4, -0.2) is 55.4 Å². The number of aryl methyl sites for hydroxylation is 1. The number of hydrogen-bond acceptors (Lipinski definition) is 5. The Morgan fingerprint density at radius 1 is 1.06 bits per heavy atom. The monoisotopic (exact) mass is 485 g/mol. The van der Waals surface area contributed by atoms with Gasteiger partial charge >= 0.3 is 0 Å². The van der Waals surface area contributed by atoms with E-state index in [4.69, 9.17) is 0 Å². The van der Waals surface area contributed by atoms with Crippen molar-refractivity contribution in [3.8, 4) is 5.69 Å². The van der Waals surface area contributed by atoms with Gasteiger partial charge in [-0.25, -0.2) is 22.1 Å². The third-order valence-electron chi connectivity index (χ3n) is 5.98. The van der Waals surface area contributed by atoms with E-state index in [1.54, 1.807) is 42.1 Å². The molecule has 1 amide bonds. The molecule has 0 saturated carbocycles. The van der Waals surface area contributed by atoms with Crippen molar-refractivity contribution >= 4 is 27.3 Å². The van der Waals surface area contributed by atoms with Crippen LogP contribution in [0.4, 0.5) is 15.8 Å². The average Bonchev–Trinajstić information content (AvgIpc) is 3.24. The van der Waals surface area contributed by atoms with E-state index >= 15 is 0 Å². The summed E-state index contributed by atoms with van der Waals surface area (Å²) >= 11 is 0. The van der Waals surface area contributed by atoms with Crippen molar-refractivity contribution in [1.29, 1.82) is 0 Å². The van der Waals surface area contributed by atoms with Gasteiger partial charge in [-0.2, -0.15) is 0 Å². The fourth-order valence-electron chi connectivity index (χ4n) is 4.09. The number of nitrogens with one attached hydrogen (secondary N) is 1. The Morgan fingerprint density at radius 2 is 1.76 bits per heavy atom. The number of rotatable bonds is 6. The van der Waals surface area contributed by atoms with Crippen molar-refractivity contribution in [2.45, 2.75) is 31.1 Å². The highest BCUT2D eigenvalue weighted by Crippen LogP contribution is 2.29. The number of benzene rings is 2. The Hall–Kier alpha value is -3.24. The topological polar surface area (TPSA) is 87.5 Å². The smallest absolute Gasteiger partial charge is 0.257 e. The van der Waals surface area contributed by atoms with Crippen LogP contribution in [0, 0.1) is 12.7 Å². The van der Waals surface area contributed by atoms with Crippen LogP contribution < -0.4 is 10.2 Å². The van der Waals surface area contributed by atoms with Crippen molar-refractivity contribution in [3.63, 3.8) is 0 Å². The molecule has 10 heteroatoms. The number of anilines is 2. The van der Waals surface area contributed by atoms with Gasteiger partial charge in [0.15, 0.2) is 0 Å². The number of amides is 1. The molecule has 180 valence electrons. The van der Waals surface area contributed by atoms with Crippen molar-refractivity contribution in [1.82, 2.24) is 13.9 Å². The summed E-state index contributed by atoms with van der Waals surface area (Å²) in [5, 5.41) is 2.73. The van der Waals surface area contributed by atoms with Crippen molar-refractivity contribution in [3.05, 3.63) is 66.0 Å². The van der Waals surface area contributed by atoms with Gasteiger partial charge in [0.05, 0.1) is 16.1 Å². The molecule has 0 bridgehead atoms. The Morgan fingerprint density at radius 3 is 2.38 bits per heavy atom. The number of hydrogen-bond donors (Lipinski definition) is 1. The molecule has 1 N–H and O–H groups in total. The Kier molecular flexibility index (Phi) is 6.72. The predicted octanol–water partition coefficient (Wildman–Crippen LogP) is 3.81. The molecule has 1 aliphatic heterocycles. The molecule has 0 aliphatic carbocycles. The lowest BCUT2D eigenvalue weighted by atomic mass is 10.1. The molecule has 0 unspecified atom stereocenters. The number of halogens is 1. The number of piperidine rings is 1. The third-order valence-corrected chi connectivity index (χ3v) is 7.79. The minimum Gasteiger partial charge on any atom is -0.371 e. The molecule has 0 spiro atoms. The van der Waals surface area contributed by atoms with E-state index in [9.17, 15) is 17.6 Å². The van der Waals surface area contributed by atoms with E-state index in [2.05, 4.69) is 15.2 Å². The standard InChI is InChI=1S/C24H28FN5O3S/c1-17-26-11-14-30(17)23-9-7-18(15-21(23)25)27-24(31)20-16-19(34(32,33)28(2)3)8-10-22(20)29-12-5-4-6-13-29/h7-11,14-16H,4-6,12-13H2,1-3H3,(H,27,31). The number of carbonyl (C=O) groups is 1. The van der Waals surface area contributed by atoms with E-state index in [1.807, 2.05) is 0 Å². The minimum absolute atomic E-state index is 0.0283. The van der Waals surface area contributed by atoms with Crippen LogP contribution >= 0.6 is 0 Å². The van der Waals surface area contributed by atoms with Crippen LogP contribution in [0.2, 0.25) is 0 Å². The summed E-state index contributed by atoms with van der Waals surface area (Å²) in [5.41, 5.74) is 1.50. The molecule has 3 aromatic rings. The first-order valence-electron chi connectivity index (χ1n) is 11.1. The SMILES string of the molecule is Cc1nccn1-c1ccc(NC(=O)c2cc(S(=O)(=O)N(C)C)ccc2N2CCCCC2)cc1F. The first-order valence-corrected chi connectivity index (χ1v) is 12.6. The normalized spacial score (nSPS) is 14.4. The molecule has 1 aliphatic rings. The fourth-order valence-corrected chi connectivity index (χ4v) is 5.02. The number of imidazole rings is 1. The quantitative estimate of drug-likeness (QED) is 0.574. The van der Waals surface area contributed by atoms with Gasteiger partial charge in [-0.3, -0.25) is 4.79 Å². The largest absolute Gasteiger partial charge is 0.371 e. The van der Waals surface area contributed by atoms with E-state index in [1.165, 1.54) is 32.3 Å². The Labute approximate surface area is 199 Å². The van der Waals surface area contributed by atoms with E-state index < -0.39 is 21.7 Å².